The monoisotopic (exact) mass is 404 g/mol. The van der Waals surface area contributed by atoms with Crippen LogP contribution in [0.3, 0.4) is 0 Å². The van der Waals surface area contributed by atoms with Crippen LogP contribution in [0.1, 0.15) is 27.7 Å². The first-order chi connectivity index (χ1) is 9.78. The number of aromatic nitrogens is 2. The standard InChI is InChI=1S/C14H21IN4O2/c1-10-8-18(12-11(15)7-16-9-17-12)5-6-19(10)13(20)21-14(2,3)4/h7,9-10H,5-6,8H2,1-4H3/t10-/m1/s1. The zero-order valence-corrected chi connectivity index (χ0v) is 15.0. The molecular formula is C14H21IN4O2. The molecule has 0 saturated carbocycles. The lowest BCUT2D eigenvalue weighted by Gasteiger charge is -2.40. The molecule has 1 aliphatic heterocycles. The Labute approximate surface area is 139 Å². The van der Waals surface area contributed by atoms with Gasteiger partial charge >= 0.3 is 6.09 Å². The van der Waals surface area contributed by atoms with Gasteiger partial charge in [-0.1, -0.05) is 0 Å². The van der Waals surface area contributed by atoms with Crippen molar-refractivity contribution in [1.29, 1.82) is 0 Å². The number of hydrogen-bond acceptors (Lipinski definition) is 5. The molecule has 2 rings (SSSR count). The molecule has 1 saturated heterocycles. The number of rotatable bonds is 1. The normalized spacial score (nSPS) is 19.6. The van der Waals surface area contributed by atoms with Gasteiger partial charge in [0.25, 0.3) is 0 Å². The van der Waals surface area contributed by atoms with Crippen molar-refractivity contribution >= 4 is 34.5 Å². The van der Waals surface area contributed by atoms with Crippen molar-refractivity contribution < 1.29 is 9.53 Å². The number of hydrogen-bond donors (Lipinski definition) is 0. The van der Waals surface area contributed by atoms with Crippen LogP contribution >= 0.6 is 22.6 Å². The highest BCUT2D eigenvalue weighted by molar-refractivity contribution is 14.1. The molecule has 0 aliphatic carbocycles. The maximum absolute atomic E-state index is 12.2. The quantitative estimate of drug-likeness (QED) is 0.674. The average molecular weight is 404 g/mol. The fraction of sp³-hybridized carbons (Fsp3) is 0.643. The predicted octanol–water partition coefficient (Wildman–Crippen LogP) is 2.53. The predicted molar refractivity (Wildman–Crippen MR) is 89.4 cm³/mol. The molecule has 6 nitrogen and oxygen atoms in total. The van der Waals surface area contributed by atoms with E-state index in [2.05, 4.69) is 37.5 Å². The van der Waals surface area contributed by atoms with Gasteiger partial charge in [-0.2, -0.15) is 0 Å². The number of carbonyl (C=O) groups excluding carboxylic acids is 1. The first kappa shape index (κ1) is 16.3. The molecule has 116 valence electrons. The number of amides is 1. The van der Waals surface area contributed by atoms with Gasteiger partial charge in [-0.05, 0) is 50.3 Å². The molecular weight excluding hydrogens is 383 g/mol. The number of piperazine rings is 1. The molecule has 0 spiro atoms. The lowest BCUT2D eigenvalue weighted by molar-refractivity contribution is 0.0158. The Balaban J connectivity index is 2.03. The van der Waals surface area contributed by atoms with E-state index in [1.54, 1.807) is 17.4 Å². The van der Waals surface area contributed by atoms with E-state index in [0.717, 1.165) is 22.5 Å². The van der Waals surface area contributed by atoms with Crippen LogP contribution in [0.5, 0.6) is 0 Å². The fourth-order valence-electron chi connectivity index (χ4n) is 2.28. The first-order valence-corrected chi connectivity index (χ1v) is 8.06. The van der Waals surface area contributed by atoms with Crippen molar-refractivity contribution in [1.82, 2.24) is 14.9 Å². The second-order valence-corrected chi connectivity index (χ2v) is 7.33. The van der Waals surface area contributed by atoms with Gasteiger partial charge in [0.05, 0.1) is 3.57 Å². The van der Waals surface area contributed by atoms with E-state index in [-0.39, 0.29) is 12.1 Å². The molecule has 0 bridgehead atoms. The summed E-state index contributed by atoms with van der Waals surface area (Å²) < 4.78 is 6.47. The Morgan fingerprint density at radius 3 is 2.71 bits per heavy atom. The van der Waals surface area contributed by atoms with Gasteiger partial charge in [0.1, 0.15) is 17.7 Å². The minimum atomic E-state index is -0.462. The summed E-state index contributed by atoms with van der Waals surface area (Å²) in [6, 6.07) is 0.0827. The number of nitrogens with zero attached hydrogens (tertiary/aromatic N) is 4. The van der Waals surface area contributed by atoms with Crippen molar-refractivity contribution in [2.45, 2.75) is 39.3 Å². The van der Waals surface area contributed by atoms with Gasteiger partial charge in [0.15, 0.2) is 0 Å². The number of carbonyl (C=O) groups is 1. The molecule has 0 radical (unpaired) electrons. The van der Waals surface area contributed by atoms with Gasteiger partial charge in [-0.3, -0.25) is 0 Å². The van der Waals surface area contributed by atoms with E-state index in [1.807, 2.05) is 27.7 Å². The first-order valence-electron chi connectivity index (χ1n) is 6.98. The third-order valence-electron chi connectivity index (χ3n) is 3.20. The summed E-state index contributed by atoms with van der Waals surface area (Å²) in [6.07, 6.45) is 3.11. The minimum Gasteiger partial charge on any atom is -0.444 e. The highest BCUT2D eigenvalue weighted by Crippen LogP contribution is 2.22. The average Bonchev–Trinajstić information content (AvgIpc) is 2.37. The molecule has 0 aromatic carbocycles. The zero-order valence-electron chi connectivity index (χ0n) is 12.8. The second kappa shape index (κ2) is 6.33. The largest absolute Gasteiger partial charge is 0.444 e. The summed E-state index contributed by atoms with van der Waals surface area (Å²) in [5.41, 5.74) is -0.462. The summed E-state index contributed by atoms with van der Waals surface area (Å²) in [4.78, 5) is 24.5. The Morgan fingerprint density at radius 1 is 1.43 bits per heavy atom. The SMILES string of the molecule is C[C@@H]1CN(c2ncncc2I)CCN1C(=O)OC(C)(C)C. The Hall–Kier alpha value is -1.12. The van der Waals surface area contributed by atoms with Crippen LogP contribution in [0.25, 0.3) is 0 Å². The Kier molecular flexibility index (Phi) is 4.90. The fourth-order valence-corrected chi connectivity index (χ4v) is 2.92. The van der Waals surface area contributed by atoms with Gasteiger partial charge < -0.3 is 14.5 Å². The molecule has 1 aromatic rings. The molecule has 7 heteroatoms. The van der Waals surface area contributed by atoms with E-state index in [0.29, 0.717) is 6.54 Å². The van der Waals surface area contributed by atoms with Crippen LogP contribution in [0.2, 0.25) is 0 Å². The third-order valence-corrected chi connectivity index (χ3v) is 3.96. The van der Waals surface area contributed by atoms with Crippen molar-refractivity contribution in [3.05, 3.63) is 16.1 Å². The molecule has 21 heavy (non-hydrogen) atoms. The van der Waals surface area contributed by atoms with Crippen LogP contribution in [0.15, 0.2) is 12.5 Å². The number of anilines is 1. The van der Waals surface area contributed by atoms with Gasteiger partial charge in [-0.15, -0.1) is 0 Å². The topological polar surface area (TPSA) is 58.6 Å². The molecule has 0 N–H and O–H groups in total. The summed E-state index contributed by atoms with van der Waals surface area (Å²) >= 11 is 2.23. The van der Waals surface area contributed by atoms with Crippen LogP contribution < -0.4 is 4.90 Å². The van der Waals surface area contributed by atoms with Gasteiger partial charge in [0.2, 0.25) is 0 Å². The van der Waals surface area contributed by atoms with Crippen LogP contribution in [0.4, 0.5) is 10.6 Å². The molecule has 2 heterocycles. The molecule has 1 aromatic heterocycles. The van der Waals surface area contributed by atoms with Crippen molar-refractivity contribution in [3.8, 4) is 0 Å². The van der Waals surface area contributed by atoms with E-state index in [9.17, 15) is 4.79 Å². The third kappa shape index (κ3) is 4.18. The second-order valence-electron chi connectivity index (χ2n) is 6.16. The van der Waals surface area contributed by atoms with Crippen molar-refractivity contribution in [2.75, 3.05) is 24.5 Å². The lowest BCUT2D eigenvalue weighted by Crippen LogP contribution is -2.55. The number of ether oxygens (including phenoxy) is 1. The summed E-state index contributed by atoms with van der Waals surface area (Å²) in [5.74, 6) is 0.932. The van der Waals surface area contributed by atoms with Crippen LogP contribution in [-0.4, -0.2) is 52.2 Å². The van der Waals surface area contributed by atoms with E-state index in [4.69, 9.17) is 4.74 Å². The van der Waals surface area contributed by atoms with E-state index >= 15 is 0 Å². The number of halogens is 1. The van der Waals surface area contributed by atoms with Gasteiger partial charge in [-0.25, -0.2) is 14.8 Å². The van der Waals surface area contributed by atoms with E-state index in [1.165, 1.54) is 0 Å². The van der Waals surface area contributed by atoms with E-state index < -0.39 is 5.60 Å². The minimum absolute atomic E-state index is 0.0827. The molecule has 1 atom stereocenters. The smallest absolute Gasteiger partial charge is 0.410 e. The highest BCUT2D eigenvalue weighted by atomic mass is 127. The zero-order chi connectivity index (χ0) is 15.6. The Morgan fingerprint density at radius 2 is 2.14 bits per heavy atom. The van der Waals surface area contributed by atoms with Crippen molar-refractivity contribution in [2.24, 2.45) is 0 Å². The highest BCUT2D eigenvalue weighted by Gasteiger charge is 2.31. The maximum Gasteiger partial charge on any atom is 0.410 e. The van der Waals surface area contributed by atoms with Crippen LogP contribution in [0, 0.1) is 3.57 Å². The summed E-state index contributed by atoms with van der Waals surface area (Å²) in [7, 11) is 0. The summed E-state index contributed by atoms with van der Waals surface area (Å²) in [5, 5.41) is 0. The maximum atomic E-state index is 12.2. The van der Waals surface area contributed by atoms with Crippen molar-refractivity contribution in [3.63, 3.8) is 0 Å². The molecule has 1 aliphatic rings. The Bertz CT molecular complexity index is 518. The molecule has 1 amide bonds. The van der Waals surface area contributed by atoms with Gasteiger partial charge in [0, 0.05) is 31.9 Å². The molecule has 1 fully saturated rings. The van der Waals surface area contributed by atoms with Crippen LogP contribution in [-0.2, 0) is 4.74 Å². The summed E-state index contributed by atoms with van der Waals surface area (Å²) in [6.45, 7) is 9.81. The molecule has 0 unspecified atom stereocenters. The lowest BCUT2D eigenvalue weighted by atomic mass is 10.2.